The van der Waals surface area contributed by atoms with Crippen molar-refractivity contribution in [1.82, 2.24) is 19.6 Å². The van der Waals surface area contributed by atoms with Gasteiger partial charge in [-0.25, -0.2) is 0 Å². The third-order valence-corrected chi connectivity index (χ3v) is 14.1. The van der Waals surface area contributed by atoms with Crippen molar-refractivity contribution in [2.24, 2.45) is 5.92 Å². The molecule has 13 nitrogen and oxygen atoms in total. The van der Waals surface area contributed by atoms with Crippen LogP contribution in [0, 0.1) is 5.92 Å². The zero-order chi connectivity index (χ0) is 34.3. The molecule has 6 aliphatic rings. The number of carbonyl (C=O) groups excluding carboxylic acids is 4. The summed E-state index contributed by atoms with van der Waals surface area (Å²) in [5, 5.41) is 42.5. The molecule has 8 rings (SSSR count). The van der Waals surface area contributed by atoms with Crippen LogP contribution >= 0.6 is 21.6 Å². The summed E-state index contributed by atoms with van der Waals surface area (Å²) in [4.78, 5) is 61.6. The molecule has 0 aliphatic carbocycles. The van der Waals surface area contributed by atoms with Crippen molar-refractivity contribution >= 4 is 56.6 Å². The van der Waals surface area contributed by atoms with Crippen LogP contribution in [0.1, 0.15) is 25.0 Å². The van der Waals surface area contributed by atoms with Gasteiger partial charge in [-0.15, -0.1) is 0 Å². The zero-order valence-electron chi connectivity index (χ0n) is 26.9. The Balaban J connectivity index is 1.47. The van der Waals surface area contributed by atoms with E-state index >= 15 is 4.79 Å². The maximum Gasteiger partial charge on any atom is 0.279 e. The largest absolute Gasteiger partial charge is 0.394 e. The number of para-hydroxylation sites is 2. The van der Waals surface area contributed by atoms with Gasteiger partial charge in [-0.3, -0.25) is 29.0 Å². The van der Waals surface area contributed by atoms with Crippen molar-refractivity contribution < 1.29 is 34.5 Å². The lowest BCUT2D eigenvalue weighted by Crippen LogP contribution is -2.73. The average molecular weight is 693 g/mol. The minimum absolute atomic E-state index is 0.0945. The topological polar surface area (TPSA) is 166 Å². The Hall–Kier alpha value is -3.76. The van der Waals surface area contributed by atoms with Crippen molar-refractivity contribution in [2.75, 3.05) is 37.6 Å². The molecule has 5 N–H and O–H groups in total. The van der Waals surface area contributed by atoms with E-state index in [0.29, 0.717) is 22.5 Å². The summed E-state index contributed by atoms with van der Waals surface area (Å²) < 4.78 is 0. The van der Waals surface area contributed by atoms with Gasteiger partial charge >= 0.3 is 0 Å². The van der Waals surface area contributed by atoms with Gasteiger partial charge < -0.3 is 35.8 Å². The Morgan fingerprint density at radius 1 is 0.917 bits per heavy atom. The van der Waals surface area contributed by atoms with E-state index in [0.717, 1.165) is 9.80 Å². The molecular formula is C33H36N6O7S2. The van der Waals surface area contributed by atoms with E-state index in [1.165, 1.54) is 38.4 Å². The van der Waals surface area contributed by atoms with Crippen molar-refractivity contribution in [3.8, 4) is 0 Å². The van der Waals surface area contributed by atoms with Crippen molar-refractivity contribution in [3.63, 3.8) is 0 Å². The van der Waals surface area contributed by atoms with Crippen LogP contribution in [0.3, 0.4) is 0 Å². The molecule has 3 saturated heterocycles. The molecule has 0 radical (unpaired) electrons. The predicted molar refractivity (Wildman–Crippen MR) is 179 cm³/mol. The van der Waals surface area contributed by atoms with E-state index in [-0.39, 0.29) is 17.5 Å². The molecule has 0 spiro atoms. The Morgan fingerprint density at radius 2 is 1.52 bits per heavy atom. The summed E-state index contributed by atoms with van der Waals surface area (Å²) in [6.07, 6.45) is -0.684. The smallest absolute Gasteiger partial charge is 0.279 e. The Kier molecular flexibility index (Phi) is 6.50. The number of aliphatic hydroxyl groups is 3. The SMILES string of the molecule is CSS[C@]1(C(C)C)C(=O)N2C(=CC3(C45c6ccccc6N[C@H]4N4C(=O)[C@H](CO)N(C)C(=O)[C@@]4(O)[C@H]5O)c4ccccc4N[C@H]23)C(=O)N1C. The van der Waals surface area contributed by atoms with Crippen LogP contribution in [0.25, 0.3) is 0 Å². The van der Waals surface area contributed by atoms with E-state index in [1.807, 2.05) is 44.4 Å². The van der Waals surface area contributed by atoms with Crippen LogP contribution < -0.4 is 10.6 Å². The second-order valence-corrected chi connectivity index (χ2v) is 16.2. The number of carbonyl (C=O) groups is 4. The van der Waals surface area contributed by atoms with Crippen molar-refractivity contribution in [2.45, 2.75) is 59.8 Å². The van der Waals surface area contributed by atoms with Gasteiger partial charge in [0.05, 0.1) is 17.4 Å². The summed E-state index contributed by atoms with van der Waals surface area (Å²) in [5.41, 5.74) is -3.65. The minimum Gasteiger partial charge on any atom is -0.394 e. The summed E-state index contributed by atoms with van der Waals surface area (Å²) in [6.45, 7) is 3.09. The number of rotatable bonds is 5. The highest BCUT2D eigenvalue weighted by Gasteiger charge is 2.85. The molecule has 48 heavy (non-hydrogen) atoms. The fraction of sp³-hybridized carbons (Fsp3) is 0.455. The Morgan fingerprint density at radius 3 is 2.15 bits per heavy atom. The average Bonchev–Trinajstić information content (AvgIpc) is 3.74. The van der Waals surface area contributed by atoms with Crippen LogP contribution in [0.15, 0.2) is 60.3 Å². The van der Waals surface area contributed by atoms with Crippen LogP contribution in [-0.2, 0) is 30.0 Å². The molecule has 252 valence electrons. The number of fused-ring (bicyclic) bond motifs is 11. The molecule has 8 atom stereocenters. The minimum atomic E-state index is -2.76. The number of hydrogen-bond acceptors (Lipinski definition) is 11. The fourth-order valence-electron chi connectivity index (χ4n) is 9.48. The molecule has 6 heterocycles. The number of likely N-dealkylation sites (N-methyl/N-ethyl adjacent to an activating group) is 2. The molecule has 0 bridgehead atoms. The van der Waals surface area contributed by atoms with E-state index in [9.17, 15) is 29.7 Å². The van der Waals surface area contributed by atoms with Gasteiger partial charge in [0.2, 0.25) is 0 Å². The maximum atomic E-state index is 15.1. The second kappa shape index (κ2) is 9.91. The highest BCUT2D eigenvalue weighted by Crippen LogP contribution is 2.70. The van der Waals surface area contributed by atoms with E-state index < -0.39 is 70.2 Å². The molecule has 6 aliphatic heterocycles. The number of amides is 4. The van der Waals surface area contributed by atoms with Crippen LogP contribution in [-0.4, -0.2) is 121 Å². The van der Waals surface area contributed by atoms with Gasteiger partial charge in [-0.05, 0) is 41.5 Å². The number of aliphatic hydroxyl groups excluding tert-OH is 2. The lowest BCUT2D eigenvalue weighted by molar-refractivity contribution is -0.209. The van der Waals surface area contributed by atoms with Gasteiger partial charge in [0.15, 0.2) is 4.87 Å². The monoisotopic (exact) mass is 692 g/mol. The highest BCUT2D eigenvalue weighted by molar-refractivity contribution is 8.77. The van der Waals surface area contributed by atoms with E-state index in [1.54, 1.807) is 37.4 Å². The Labute approximate surface area is 284 Å². The molecular weight excluding hydrogens is 657 g/mol. The van der Waals surface area contributed by atoms with Gasteiger partial charge in [0.25, 0.3) is 29.4 Å². The lowest BCUT2D eigenvalue weighted by atomic mass is 9.54. The summed E-state index contributed by atoms with van der Waals surface area (Å²) in [7, 11) is 5.60. The molecule has 3 fully saturated rings. The first-order valence-corrected chi connectivity index (χ1v) is 18.3. The maximum absolute atomic E-state index is 15.1. The van der Waals surface area contributed by atoms with Gasteiger partial charge in [0.1, 0.15) is 30.2 Å². The molecule has 2 unspecified atom stereocenters. The second-order valence-electron chi connectivity index (χ2n) is 13.5. The predicted octanol–water partition coefficient (Wildman–Crippen LogP) is 0.652. The zero-order valence-corrected chi connectivity index (χ0v) is 28.5. The molecule has 4 amide bonds. The van der Waals surface area contributed by atoms with Crippen LogP contribution in [0.4, 0.5) is 11.4 Å². The number of nitrogens with zero attached hydrogens (tertiary/aromatic N) is 4. The van der Waals surface area contributed by atoms with Crippen LogP contribution in [0.5, 0.6) is 0 Å². The van der Waals surface area contributed by atoms with Crippen molar-refractivity contribution in [1.29, 1.82) is 0 Å². The quantitative estimate of drug-likeness (QED) is 0.280. The van der Waals surface area contributed by atoms with E-state index in [4.69, 9.17) is 0 Å². The number of piperazine rings is 2. The fourth-order valence-corrected chi connectivity index (χ4v) is 12.2. The first-order valence-electron chi connectivity index (χ1n) is 15.7. The van der Waals surface area contributed by atoms with Crippen LogP contribution in [0.2, 0.25) is 0 Å². The number of anilines is 2. The standard InChI is InChI=1S/C33H36N6O7S2/c1-16(2)33(48-47-5)29(45)38-21(23(41)37(33)4)14-30(17-10-6-8-12-19(17)34-26(30)38)31-18-11-7-9-13-20(18)35-27(31)39-24(42)22(15-40)36(3)28(44)32(39,46)25(31)43/h6-14,16,22,25-27,34-35,40,43,46H,15H2,1-5H3/t22-,25-,26+,27-,30?,31?,32-,33+/m0/s1. The summed E-state index contributed by atoms with van der Waals surface area (Å²) in [5.74, 6) is -2.75. The van der Waals surface area contributed by atoms with Gasteiger partial charge in [-0.2, -0.15) is 0 Å². The summed E-state index contributed by atoms with van der Waals surface area (Å²) >= 11 is 0. The van der Waals surface area contributed by atoms with Gasteiger partial charge in [0, 0.05) is 25.5 Å². The number of benzene rings is 2. The van der Waals surface area contributed by atoms with Gasteiger partial charge in [-0.1, -0.05) is 71.8 Å². The Bertz CT molecular complexity index is 1860. The molecule has 2 aromatic rings. The van der Waals surface area contributed by atoms with Crippen molar-refractivity contribution in [3.05, 3.63) is 71.4 Å². The first-order chi connectivity index (χ1) is 22.8. The molecule has 2 aromatic carbocycles. The number of hydrogen-bond donors (Lipinski definition) is 5. The first kappa shape index (κ1) is 31.5. The molecule has 15 heteroatoms. The third kappa shape index (κ3) is 3.10. The third-order valence-electron chi connectivity index (χ3n) is 11.5. The molecule has 0 aromatic heterocycles. The molecule has 0 saturated carbocycles. The summed E-state index contributed by atoms with van der Waals surface area (Å²) in [6, 6.07) is 13.1. The number of nitrogens with one attached hydrogen (secondary N) is 2. The normalized spacial score (nSPS) is 37.6. The lowest BCUT2D eigenvalue weighted by Gasteiger charge is -2.52. The highest BCUT2D eigenvalue weighted by atomic mass is 33.1. The van der Waals surface area contributed by atoms with E-state index in [2.05, 4.69) is 10.6 Å².